The molecule has 0 saturated carbocycles. The molecule has 0 amide bonds. The number of rotatable bonds is 5. The van der Waals surface area contributed by atoms with E-state index in [1.165, 1.54) is 45.6 Å². The van der Waals surface area contributed by atoms with Crippen LogP contribution in [0.2, 0.25) is 0 Å². The summed E-state index contributed by atoms with van der Waals surface area (Å²) >= 11 is 0. The Hall–Kier alpha value is -1.57. The molecular formula is C25H34O2. The molecule has 0 aliphatic heterocycles. The lowest BCUT2D eigenvalue weighted by molar-refractivity contribution is -0.140. The Labute approximate surface area is 164 Å². The average Bonchev–Trinajstić information content (AvgIpc) is 3.06. The zero-order valence-electron chi connectivity index (χ0n) is 17.3. The second kappa shape index (κ2) is 7.11. The van der Waals surface area contributed by atoms with E-state index in [9.17, 15) is 4.79 Å². The van der Waals surface area contributed by atoms with E-state index in [0.717, 1.165) is 25.7 Å². The molecule has 0 aromatic rings. The highest BCUT2D eigenvalue weighted by Crippen LogP contribution is 2.61. The topological polar surface area (TPSA) is 26.3 Å². The number of allylic oxidation sites excluding steroid dienone is 8. The summed E-state index contributed by atoms with van der Waals surface area (Å²) in [6, 6.07) is 0. The third kappa shape index (κ3) is 3.05. The van der Waals surface area contributed by atoms with Crippen LogP contribution in [0.15, 0.2) is 46.1 Å². The first-order valence-electron chi connectivity index (χ1n) is 10.9. The summed E-state index contributed by atoms with van der Waals surface area (Å²) in [5, 5.41) is 0. The van der Waals surface area contributed by atoms with Crippen LogP contribution >= 0.6 is 0 Å². The fourth-order valence-electron chi connectivity index (χ4n) is 6.21. The van der Waals surface area contributed by atoms with Crippen LogP contribution in [0.4, 0.5) is 0 Å². The van der Waals surface area contributed by atoms with Crippen molar-refractivity contribution < 1.29 is 9.53 Å². The van der Waals surface area contributed by atoms with Gasteiger partial charge < -0.3 is 4.74 Å². The molecule has 4 rings (SSSR count). The number of esters is 1. The molecule has 4 aliphatic rings. The lowest BCUT2D eigenvalue weighted by atomic mass is 9.55. The number of ether oxygens (including phenoxy) is 1. The third-order valence-electron chi connectivity index (χ3n) is 7.88. The summed E-state index contributed by atoms with van der Waals surface area (Å²) in [5.41, 5.74) is 8.98. The number of fused-ring (bicyclic) bond motifs is 4. The maximum absolute atomic E-state index is 11.4. The second-order valence-corrected chi connectivity index (χ2v) is 9.28. The van der Waals surface area contributed by atoms with Gasteiger partial charge in [-0.1, -0.05) is 41.9 Å². The van der Waals surface area contributed by atoms with Gasteiger partial charge in [0.2, 0.25) is 0 Å². The van der Waals surface area contributed by atoms with Crippen molar-refractivity contribution in [1.29, 1.82) is 0 Å². The van der Waals surface area contributed by atoms with Crippen molar-refractivity contribution in [2.75, 3.05) is 7.11 Å². The Balaban J connectivity index is 1.59. The number of unbranched alkanes of at least 4 members (excludes halogenated alkanes) is 1. The lowest BCUT2D eigenvalue weighted by Crippen LogP contribution is -2.36. The molecule has 0 saturated heterocycles. The second-order valence-electron chi connectivity index (χ2n) is 9.28. The zero-order chi connectivity index (χ0) is 19.1. The fourth-order valence-corrected chi connectivity index (χ4v) is 6.21. The molecule has 0 heterocycles. The SMILES string of the molecule is COC(=O)CCCCC1=CCC=C2CCC3=C(CC[C@]4(C)CCC=C34)[C@@]12C. The fraction of sp³-hybridized carbons (Fsp3) is 0.640. The minimum atomic E-state index is -0.0816. The van der Waals surface area contributed by atoms with Crippen LogP contribution in [-0.4, -0.2) is 13.1 Å². The Kier molecular flexibility index (Phi) is 4.94. The van der Waals surface area contributed by atoms with Gasteiger partial charge in [0.1, 0.15) is 0 Å². The van der Waals surface area contributed by atoms with Gasteiger partial charge in [-0.15, -0.1) is 0 Å². The van der Waals surface area contributed by atoms with Crippen LogP contribution in [0, 0.1) is 10.8 Å². The van der Waals surface area contributed by atoms with Crippen molar-refractivity contribution in [3.63, 3.8) is 0 Å². The van der Waals surface area contributed by atoms with E-state index >= 15 is 0 Å². The first-order valence-corrected chi connectivity index (χ1v) is 10.9. The van der Waals surface area contributed by atoms with Crippen LogP contribution < -0.4 is 0 Å². The van der Waals surface area contributed by atoms with Crippen LogP contribution in [0.25, 0.3) is 0 Å². The average molecular weight is 367 g/mol. The van der Waals surface area contributed by atoms with Gasteiger partial charge in [0, 0.05) is 11.8 Å². The van der Waals surface area contributed by atoms with Crippen LogP contribution in [0.5, 0.6) is 0 Å². The Morgan fingerprint density at radius 3 is 2.74 bits per heavy atom. The molecule has 0 bridgehead atoms. The quantitative estimate of drug-likeness (QED) is 0.311. The third-order valence-corrected chi connectivity index (χ3v) is 7.88. The molecule has 0 N–H and O–H groups in total. The van der Waals surface area contributed by atoms with E-state index in [1.54, 1.807) is 27.9 Å². The van der Waals surface area contributed by atoms with Gasteiger partial charge >= 0.3 is 5.97 Å². The number of carbonyl (C=O) groups excluding carboxylic acids is 1. The molecule has 146 valence electrons. The predicted molar refractivity (Wildman–Crippen MR) is 110 cm³/mol. The molecule has 4 aliphatic carbocycles. The predicted octanol–water partition coefficient (Wildman–Crippen LogP) is 6.59. The van der Waals surface area contributed by atoms with Gasteiger partial charge in [-0.3, -0.25) is 4.79 Å². The van der Waals surface area contributed by atoms with E-state index < -0.39 is 0 Å². The number of hydrogen-bond donors (Lipinski definition) is 0. The number of methoxy groups -OCH3 is 1. The normalized spacial score (nSPS) is 32.0. The Bertz CT molecular complexity index is 763. The molecule has 0 fully saturated rings. The summed E-state index contributed by atoms with van der Waals surface area (Å²) in [6.07, 6.45) is 19.9. The smallest absolute Gasteiger partial charge is 0.305 e. The summed E-state index contributed by atoms with van der Waals surface area (Å²) in [6.45, 7) is 4.99. The van der Waals surface area contributed by atoms with Gasteiger partial charge in [-0.05, 0) is 87.7 Å². The van der Waals surface area contributed by atoms with E-state index in [2.05, 4.69) is 32.1 Å². The van der Waals surface area contributed by atoms with E-state index in [-0.39, 0.29) is 11.4 Å². The van der Waals surface area contributed by atoms with E-state index in [4.69, 9.17) is 4.74 Å². The molecule has 0 aromatic carbocycles. The van der Waals surface area contributed by atoms with E-state index in [1.807, 2.05) is 0 Å². The van der Waals surface area contributed by atoms with Gasteiger partial charge in [0.15, 0.2) is 0 Å². The Morgan fingerprint density at radius 2 is 1.93 bits per heavy atom. The summed E-state index contributed by atoms with van der Waals surface area (Å²) in [5.74, 6) is -0.0816. The van der Waals surface area contributed by atoms with Crippen LogP contribution in [-0.2, 0) is 9.53 Å². The Morgan fingerprint density at radius 1 is 1.07 bits per heavy atom. The summed E-state index contributed by atoms with van der Waals surface area (Å²) in [4.78, 5) is 11.4. The van der Waals surface area contributed by atoms with Crippen molar-refractivity contribution in [3.05, 3.63) is 46.1 Å². The highest BCUT2D eigenvalue weighted by atomic mass is 16.5. The van der Waals surface area contributed by atoms with Gasteiger partial charge in [0.05, 0.1) is 7.11 Å². The summed E-state index contributed by atoms with van der Waals surface area (Å²) in [7, 11) is 1.48. The first kappa shape index (κ1) is 18.8. The summed E-state index contributed by atoms with van der Waals surface area (Å²) < 4.78 is 4.79. The highest BCUT2D eigenvalue weighted by Gasteiger charge is 2.47. The van der Waals surface area contributed by atoms with Gasteiger partial charge in [-0.25, -0.2) is 0 Å². The molecule has 2 nitrogen and oxygen atoms in total. The van der Waals surface area contributed by atoms with Crippen molar-refractivity contribution in [2.45, 2.75) is 84.5 Å². The zero-order valence-corrected chi connectivity index (χ0v) is 17.3. The minimum Gasteiger partial charge on any atom is -0.469 e. The lowest BCUT2D eigenvalue weighted by Gasteiger charge is -2.49. The van der Waals surface area contributed by atoms with Crippen molar-refractivity contribution in [2.24, 2.45) is 10.8 Å². The monoisotopic (exact) mass is 366 g/mol. The minimum absolute atomic E-state index is 0.0816. The molecular weight excluding hydrogens is 332 g/mol. The van der Waals surface area contributed by atoms with Crippen LogP contribution in [0.1, 0.15) is 84.5 Å². The standard InChI is InChI=1S/C25H34O2/c1-24-16-7-11-21(24)20-14-13-19-10-6-9-18(8-4-5-12-23(26)27-3)25(19,2)22(20)15-17-24/h9-11H,4-8,12-17H2,1-3H3/t24-,25-/m0/s1. The van der Waals surface area contributed by atoms with Crippen molar-refractivity contribution >= 4 is 5.97 Å². The van der Waals surface area contributed by atoms with Gasteiger partial charge in [-0.2, -0.15) is 0 Å². The molecule has 2 atom stereocenters. The molecule has 2 heteroatoms. The van der Waals surface area contributed by atoms with E-state index in [0.29, 0.717) is 11.8 Å². The number of carbonyl (C=O) groups is 1. The molecule has 0 unspecified atom stereocenters. The largest absolute Gasteiger partial charge is 0.469 e. The molecule has 27 heavy (non-hydrogen) atoms. The molecule has 0 aromatic heterocycles. The molecule has 0 spiro atoms. The van der Waals surface area contributed by atoms with Gasteiger partial charge in [0.25, 0.3) is 0 Å². The first-order chi connectivity index (χ1) is 13.0. The molecule has 0 radical (unpaired) electrons. The number of hydrogen-bond acceptors (Lipinski definition) is 2. The highest BCUT2D eigenvalue weighted by molar-refractivity contribution is 5.69. The van der Waals surface area contributed by atoms with Crippen molar-refractivity contribution in [1.82, 2.24) is 0 Å². The maximum Gasteiger partial charge on any atom is 0.305 e. The maximum atomic E-state index is 11.4. The van der Waals surface area contributed by atoms with Crippen molar-refractivity contribution in [3.8, 4) is 0 Å². The van der Waals surface area contributed by atoms with Crippen LogP contribution in [0.3, 0.4) is 0 Å².